The van der Waals surface area contributed by atoms with E-state index in [-0.39, 0.29) is 5.41 Å². The number of nitrogens with zero attached hydrogens (tertiary/aromatic N) is 4. The summed E-state index contributed by atoms with van der Waals surface area (Å²) in [5, 5.41) is 9.96. The van der Waals surface area contributed by atoms with Crippen LogP contribution in [0.1, 0.15) is 31.2 Å². The number of hydrogen-bond acceptors (Lipinski definition) is 3. The lowest BCUT2D eigenvalue weighted by molar-refractivity contribution is 0.135. The van der Waals surface area contributed by atoms with Gasteiger partial charge in [0.25, 0.3) is 0 Å². The molecule has 2 aromatic heterocycles. The Kier molecular flexibility index (Phi) is 3.05. The summed E-state index contributed by atoms with van der Waals surface area (Å²) in [7, 11) is 2.21. The SMILES string of the molecule is CN1C2CCC1CC(C#N)(c1cncc(-n3cccc3)c1)C2. The van der Waals surface area contributed by atoms with Crippen LogP contribution >= 0.6 is 0 Å². The summed E-state index contributed by atoms with van der Waals surface area (Å²) >= 11 is 0. The van der Waals surface area contributed by atoms with Crippen LogP contribution in [-0.2, 0) is 5.41 Å². The topological polar surface area (TPSA) is 44.9 Å². The van der Waals surface area contributed by atoms with Gasteiger partial charge in [0.15, 0.2) is 0 Å². The number of fused-ring (bicyclic) bond motifs is 2. The standard InChI is InChI=1S/C18H20N4/c1-21-15-4-5-16(21)10-18(9-15,13-19)14-8-17(12-20-11-14)22-6-2-3-7-22/h2-3,6-8,11-12,15-16H,4-5,9-10H2,1H3. The molecule has 2 aliphatic heterocycles. The van der Waals surface area contributed by atoms with Crippen LogP contribution in [0.5, 0.6) is 0 Å². The van der Waals surface area contributed by atoms with Crippen LogP contribution in [0.15, 0.2) is 43.0 Å². The zero-order chi connectivity index (χ0) is 15.2. The maximum atomic E-state index is 9.96. The molecule has 0 amide bonds. The van der Waals surface area contributed by atoms with Crippen molar-refractivity contribution in [2.45, 2.75) is 43.2 Å². The summed E-state index contributed by atoms with van der Waals surface area (Å²) in [6, 6.07) is 9.87. The van der Waals surface area contributed by atoms with E-state index < -0.39 is 0 Å². The Balaban J connectivity index is 1.74. The predicted molar refractivity (Wildman–Crippen MR) is 84.7 cm³/mol. The van der Waals surface area contributed by atoms with Crippen molar-refractivity contribution in [1.82, 2.24) is 14.5 Å². The fraction of sp³-hybridized carbons (Fsp3) is 0.444. The van der Waals surface area contributed by atoms with Crippen LogP contribution in [0.4, 0.5) is 0 Å². The van der Waals surface area contributed by atoms with Crippen molar-refractivity contribution in [3.63, 3.8) is 0 Å². The lowest BCUT2D eigenvalue weighted by Crippen LogP contribution is -2.47. The molecule has 4 heteroatoms. The van der Waals surface area contributed by atoms with Crippen molar-refractivity contribution in [2.75, 3.05) is 7.05 Å². The van der Waals surface area contributed by atoms with Crippen LogP contribution in [0.2, 0.25) is 0 Å². The highest BCUT2D eigenvalue weighted by molar-refractivity contribution is 5.41. The summed E-state index contributed by atoms with van der Waals surface area (Å²) < 4.78 is 2.05. The van der Waals surface area contributed by atoms with Gasteiger partial charge in [0.1, 0.15) is 0 Å². The van der Waals surface area contributed by atoms with Crippen molar-refractivity contribution in [1.29, 1.82) is 5.26 Å². The molecule has 0 N–H and O–H groups in total. The van der Waals surface area contributed by atoms with Gasteiger partial charge in [-0.1, -0.05) is 0 Å². The fourth-order valence-electron chi connectivity index (χ4n) is 4.20. The zero-order valence-electron chi connectivity index (χ0n) is 12.8. The van der Waals surface area contributed by atoms with E-state index in [1.165, 1.54) is 12.8 Å². The maximum Gasteiger partial charge on any atom is 0.0867 e. The van der Waals surface area contributed by atoms with Gasteiger partial charge in [-0.2, -0.15) is 5.26 Å². The Morgan fingerprint density at radius 2 is 1.86 bits per heavy atom. The second-order valence-corrected chi connectivity index (χ2v) is 6.67. The minimum atomic E-state index is -0.380. The highest BCUT2D eigenvalue weighted by Gasteiger charge is 2.48. The molecule has 2 bridgehead atoms. The van der Waals surface area contributed by atoms with E-state index in [2.05, 4.69) is 29.1 Å². The van der Waals surface area contributed by atoms with E-state index in [1.807, 2.05) is 41.5 Å². The first kappa shape index (κ1) is 13.5. The van der Waals surface area contributed by atoms with E-state index in [0.717, 1.165) is 24.1 Å². The first-order valence-electron chi connectivity index (χ1n) is 7.94. The van der Waals surface area contributed by atoms with Crippen LogP contribution in [0.25, 0.3) is 5.69 Å². The van der Waals surface area contributed by atoms with E-state index in [4.69, 9.17) is 0 Å². The third kappa shape index (κ3) is 1.97. The fourth-order valence-corrected chi connectivity index (χ4v) is 4.20. The molecule has 22 heavy (non-hydrogen) atoms. The summed E-state index contributed by atoms with van der Waals surface area (Å²) in [6.07, 6.45) is 12.1. The maximum absolute atomic E-state index is 9.96. The normalized spacial score (nSPS) is 31.1. The minimum Gasteiger partial charge on any atom is -0.322 e. The number of pyridine rings is 1. The monoisotopic (exact) mass is 292 g/mol. The summed E-state index contributed by atoms with van der Waals surface area (Å²) in [5.41, 5.74) is 1.73. The van der Waals surface area contributed by atoms with Crippen LogP contribution in [-0.4, -0.2) is 33.6 Å². The van der Waals surface area contributed by atoms with E-state index in [1.54, 1.807) is 0 Å². The van der Waals surface area contributed by atoms with E-state index in [0.29, 0.717) is 12.1 Å². The summed E-state index contributed by atoms with van der Waals surface area (Å²) in [6.45, 7) is 0. The average Bonchev–Trinajstić information content (AvgIpc) is 3.15. The zero-order valence-corrected chi connectivity index (χ0v) is 12.8. The summed E-state index contributed by atoms with van der Waals surface area (Å²) in [4.78, 5) is 6.88. The van der Waals surface area contributed by atoms with Gasteiger partial charge in [-0.15, -0.1) is 0 Å². The second-order valence-electron chi connectivity index (χ2n) is 6.67. The lowest BCUT2D eigenvalue weighted by atomic mass is 9.71. The van der Waals surface area contributed by atoms with Crippen molar-refractivity contribution in [3.8, 4) is 11.8 Å². The van der Waals surface area contributed by atoms with Gasteiger partial charge in [0.2, 0.25) is 0 Å². The van der Waals surface area contributed by atoms with Crippen molar-refractivity contribution in [2.24, 2.45) is 0 Å². The van der Waals surface area contributed by atoms with Crippen LogP contribution < -0.4 is 0 Å². The molecule has 112 valence electrons. The third-order valence-corrected chi connectivity index (χ3v) is 5.55. The molecule has 2 aromatic rings. The molecule has 4 rings (SSSR count). The molecule has 0 spiro atoms. The Hall–Kier alpha value is -2.12. The highest BCUT2D eigenvalue weighted by Crippen LogP contribution is 2.46. The number of piperidine rings is 1. The third-order valence-electron chi connectivity index (χ3n) is 5.55. The number of aromatic nitrogens is 2. The van der Waals surface area contributed by atoms with Gasteiger partial charge >= 0.3 is 0 Å². The van der Waals surface area contributed by atoms with Crippen LogP contribution in [0.3, 0.4) is 0 Å². The Morgan fingerprint density at radius 1 is 1.18 bits per heavy atom. The van der Waals surface area contributed by atoms with Gasteiger partial charge in [0, 0.05) is 30.7 Å². The Morgan fingerprint density at radius 3 is 2.50 bits per heavy atom. The molecule has 4 heterocycles. The van der Waals surface area contributed by atoms with E-state index >= 15 is 0 Å². The summed E-state index contributed by atoms with van der Waals surface area (Å²) in [5.74, 6) is 0. The number of rotatable bonds is 2. The minimum absolute atomic E-state index is 0.380. The molecule has 2 saturated heterocycles. The van der Waals surface area contributed by atoms with Crippen molar-refractivity contribution >= 4 is 0 Å². The van der Waals surface area contributed by atoms with Gasteiger partial charge in [-0.25, -0.2) is 0 Å². The lowest BCUT2D eigenvalue weighted by Gasteiger charge is -2.41. The van der Waals surface area contributed by atoms with Gasteiger partial charge in [-0.3, -0.25) is 4.98 Å². The second kappa shape index (κ2) is 4.96. The molecule has 0 aliphatic carbocycles. The van der Waals surface area contributed by atoms with E-state index in [9.17, 15) is 5.26 Å². The van der Waals surface area contributed by atoms with Gasteiger partial charge in [-0.05, 0) is 56.5 Å². The van der Waals surface area contributed by atoms with Gasteiger partial charge < -0.3 is 9.47 Å². The van der Waals surface area contributed by atoms with Crippen molar-refractivity contribution in [3.05, 3.63) is 48.5 Å². The van der Waals surface area contributed by atoms with Crippen LogP contribution in [0, 0.1) is 11.3 Å². The highest BCUT2D eigenvalue weighted by atomic mass is 15.2. The largest absolute Gasteiger partial charge is 0.322 e. The predicted octanol–water partition coefficient (Wildman–Crippen LogP) is 2.89. The quantitative estimate of drug-likeness (QED) is 0.855. The molecule has 0 radical (unpaired) electrons. The van der Waals surface area contributed by atoms with Crippen molar-refractivity contribution < 1.29 is 0 Å². The molecule has 2 atom stereocenters. The molecular weight excluding hydrogens is 272 g/mol. The molecular formula is C18H20N4. The Bertz CT molecular complexity index is 699. The molecule has 2 fully saturated rings. The molecule has 0 saturated carbocycles. The number of hydrogen-bond donors (Lipinski definition) is 0. The Labute approximate surface area is 131 Å². The average molecular weight is 292 g/mol. The first-order valence-corrected chi connectivity index (χ1v) is 7.94. The molecule has 4 nitrogen and oxygen atoms in total. The number of nitriles is 1. The first-order chi connectivity index (χ1) is 10.7. The molecule has 0 aromatic carbocycles. The smallest absolute Gasteiger partial charge is 0.0867 e. The van der Waals surface area contributed by atoms with Gasteiger partial charge in [0.05, 0.1) is 23.4 Å². The molecule has 2 aliphatic rings. The molecule has 2 unspecified atom stereocenters.